The van der Waals surface area contributed by atoms with E-state index >= 15 is 0 Å². The van der Waals surface area contributed by atoms with Crippen LogP contribution >= 0.6 is 0 Å². The fourth-order valence-electron chi connectivity index (χ4n) is 2.32. The smallest absolute Gasteiger partial charge is 0.0427 e. The standard InChI is InChI=1S/C11H17N/c1-2-9-5-3-6-10-7-4-8-12-11(9)10/h7,9H,2-6,8H2,1H3. The predicted molar refractivity (Wildman–Crippen MR) is 52.6 cm³/mol. The Hall–Kier alpha value is -0.590. The molecule has 1 heterocycles. The normalized spacial score (nSPS) is 28.9. The largest absolute Gasteiger partial charge is 0.289 e. The summed E-state index contributed by atoms with van der Waals surface area (Å²) in [4.78, 5) is 4.65. The molecular formula is C11H17N. The Morgan fingerprint density at radius 3 is 3.33 bits per heavy atom. The van der Waals surface area contributed by atoms with Crippen molar-refractivity contribution in [3.05, 3.63) is 11.6 Å². The zero-order chi connectivity index (χ0) is 8.39. The maximum Gasteiger partial charge on any atom is 0.0427 e. The number of hydrogen-bond acceptors (Lipinski definition) is 1. The van der Waals surface area contributed by atoms with Crippen molar-refractivity contribution < 1.29 is 0 Å². The topological polar surface area (TPSA) is 12.4 Å². The van der Waals surface area contributed by atoms with Crippen molar-refractivity contribution >= 4 is 5.71 Å². The molecule has 0 spiro atoms. The molecule has 0 aromatic carbocycles. The molecule has 12 heavy (non-hydrogen) atoms. The minimum absolute atomic E-state index is 0.783. The molecule has 1 nitrogen and oxygen atoms in total. The van der Waals surface area contributed by atoms with Crippen LogP contribution in [0.2, 0.25) is 0 Å². The van der Waals surface area contributed by atoms with Gasteiger partial charge in [-0.25, -0.2) is 0 Å². The summed E-state index contributed by atoms with van der Waals surface area (Å²) < 4.78 is 0. The van der Waals surface area contributed by atoms with Crippen LogP contribution in [0.3, 0.4) is 0 Å². The van der Waals surface area contributed by atoms with Gasteiger partial charge in [0.1, 0.15) is 0 Å². The Morgan fingerprint density at radius 1 is 1.58 bits per heavy atom. The molecule has 1 atom stereocenters. The second-order valence-electron chi connectivity index (χ2n) is 3.78. The fraction of sp³-hybridized carbons (Fsp3) is 0.727. The van der Waals surface area contributed by atoms with Crippen molar-refractivity contribution in [2.24, 2.45) is 10.9 Å². The molecule has 0 aromatic rings. The summed E-state index contributed by atoms with van der Waals surface area (Å²) in [5, 5.41) is 0. The molecule has 0 N–H and O–H groups in total. The fourth-order valence-corrected chi connectivity index (χ4v) is 2.32. The van der Waals surface area contributed by atoms with Crippen LogP contribution in [-0.2, 0) is 0 Å². The summed E-state index contributed by atoms with van der Waals surface area (Å²) in [6.45, 7) is 3.32. The molecule has 0 bridgehead atoms. The maximum absolute atomic E-state index is 4.65. The van der Waals surface area contributed by atoms with Gasteiger partial charge in [0.15, 0.2) is 0 Å². The van der Waals surface area contributed by atoms with Crippen LogP contribution in [0, 0.1) is 5.92 Å². The predicted octanol–water partition coefficient (Wildman–Crippen LogP) is 2.97. The molecule has 66 valence electrons. The lowest BCUT2D eigenvalue weighted by Gasteiger charge is -2.27. The zero-order valence-electron chi connectivity index (χ0n) is 7.84. The van der Waals surface area contributed by atoms with Gasteiger partial charge in [-0.15, -0.1) is 0 Å². The molecule has 2 rings (SSSR count). The molecule has 0 saturated heterocycles. The first kappa shape index (κ1) is 8.03. The maximum atomic E-state index is 4.65. The van der Waals surface area contributed by atoms with Crippen LogP contribution in [-0.4, -0.2) is 12.3 Å². The van der Waals surface area contributed by atoms with E-state index < -0.39 is 0 Å². The number of aliphatic imine (C=N–C) groups is 1. The van der Waals surface area contributed by atoms with Gasteiger partial charge < -0.3 is 0 Å². The molecule has 1 aliphatic carbocycles. The number of allylic oxidation sites excluding steroid dienone is 1. The SMILES string of the molecule is CCC1CCCC2=CCCN=C21. The lowest BCUT2D eigenvalue weighted by atomic mass is 9.81. The molecule has 1 saturated carbocycles. The van der Waals surface area contributed by atoms with E-state index in [1.807, 2.05) is 0 Å². The molecule has 0 radical (unpaired) electrons. The number of fused-ring (bicyclic) bond motifs is 1. The molecule has 1 unspecified atom stereocenters. The lowest BCUT2D eigenvalue weighted by molar-refractivity contribution is 0.543. The molecular weight excluding hydrogens is 146 g/mol. The second-order valence-corrected chi connectivity index (χ2v) is 3.78. The highest BCUT2D eigenvalue weighted by Gasteiger charge is 2.23. The lowest BCUT2D eigenvalue weighted by Crippen LogP contribution is -2.23. The highest BCUT2D eigenvalue weighted by molar-refractivity contribution is 6.02. The van der Waals surface area contributed by atoms with Crippen molar-refractivity contribution in [2.75, 3.05) is 6.54 Å². The van der Waals surface area contributed by atoms with E-state index in [0.29, 0.717) is 0 Å². The van der Waals surface area contributed by atoms with E-state index in [4.69, 9.17) is 0 Å². The van der Waals surface area contributed by atoms with E-state index in [1.54, 1.807) is 5.57 Å². The Bertz CT molecular complexity index is 225. The Morgan fingerprint density at radius 2 is 2.50 bits per heavy atom. The van der Waals surface area contributed by atoms with Crippen LogP contribution in [0.5, 0.6) is 0 Å². The van der Waals surface area contributed by atoms with Gasteiger partial charge in [-0.2, -0.15) is 0 Å². The van der Waals surface area contributed by atoms with E-state index in [9.17, 15) is 0 Å². The molecule has 2 aliphatic rings. The van der Waals surface area contributed by atoms with Crippen LogP contribution in [0.25, 0.3) is 0 Å². The quantitative estimate of drug-likeness (QED) is 0.563. The second kappa shape index (κ2) is 3.42. The monoisotopic (exact) mass is 163 g/mol. The van der Waals surface area contributed by atoms with E-state index in [0.717, 1.165) is 12.5 Å². The summed E-state index contributed by atoms with van der Waals surface area (Å²) in [5.74, 6) is 0.783. The van der Waals surface area contributed by atoms with Gasteiger partial charge in [-0.3, -0.25) is 4.99 Å². The Kier molecular flexibility index (Phi) is 2.29. The first-order valence-electron chi connectivity index (χ1n) is 5.15. The van der Waals surface area contributed by atoms with Crippen LogP contribution in [0.15, 0.2) is 16.6 Å². The average molecular weight is 163 g/mol. The van der Waals surface area contributed by atoms with Gasteiger partial charge in [-0.05, 0) is 37.7 Å². The minimum atomic E-state index is 0.783. The first-order valence-corrected chi connectivity index (χ1v) is 5.15. The van der Waals surface area contributed by atoms with Gasteiger partial charge in [-0.1, -0.05) is 13.0 Å². The summed E-state index contributed by atoms with van der Waals surface area (Å²) in [7, 11) is 0. The molecule has 0 amide bonds. The number of hydrogen-bond donors (Lipinski definition) is 0. The third kappa shape index (κ3) is 1.33. The Labute approximate surface area is 74.6 Å². The van der Waals surface area contributed by atoms with Crippen molar-refractivity contribution in [3.63, 3.8) is 0 Å². The third-order valence-electron chi connectivity index (χ3n) is 3.01. The average Bonchev–Trinajstić information content (AvgIpc) is 2.17. The van der Waals surface area contributed by atoms with Crippen LogP contribution in [0.4, 0.5) is 0 Å². The van der Waals surface area contributed by atoms with Crippen molar-refractivity contribution in [3.8, 4) is 0 Å². The van der Waals surface area contributed by atoms with Crippen molar-refractivity contribution in [1.29, 1.82) is 0 Å². The number of nitrogens with zero attached hydrogens (tertiary/aromatic N) is 1. The molecule has 1 fully saturated rings. The summed E-state index contributed by atoms with van der Waals surface area (Å²) in [5.41, 5.74) is 3.02. The number of rotatable bonds is 1. The van der Waals surface area contributed by atoms with Gasteiger partial charge in [0.25, 0.3) is 0 Å². The summed E-state index contributed by atoms with van der Waals surface area (Å²) >= 11 is 0. The van der Waals surface area contributed by atoms with Crippen LogP contribution < -0.4 is 0 Å². The third-order valence-corrected chi connectivity index (χ3v) is 3.01. The van der Waals surface area contributed by atoms with Crippen molar-refractivity contribution in [2.45, 2.75) is 39.0 Å². The molecule has 0 aromatic heterocycles. The van der Waals surface area contributed by atoms with E-state index in [1.165, 1.54) is 37.8 Å². The number of dihydropyridines is 1. The highest BCUT2D eigenvalue weighted by Crippen LogP contribution is 2.30. The van der Waals surface area contributed by atoms with Gasteiger partial charge in [0.2, 0.25) is 0 Å². The molecule has 1 aliphatic heterocycles. The van der Waals surface area contributed by atoms with E-state index in [-0.39, 0.29) is 0 Å². The van der Waals surface area contributed by atoms with Crippen molar-refractivity contribution in [1.82, 2.24) is 0 Å². The minimum Gasteiger partial charge on any atom is -0.289 e. The van der Waals surface area contributed by atoms with Crippen LogP contribution in [0.1, 0.15) is 39.0 Å². The summed E-state index contributed by atoms with van der Waals surface area (Å²) in [6, 6.07) is 0. The summed E-state index contributed by atoms with van der Waals surface area (Å²) in [6.07, 6.45) is 8.89. The van der Waals surface area contributed by atoms with Gasteiger partial charge >= 0.3 is 0 Å². The van der Waals surface area contributed by atoms with E-state index in [2.05, 4.69) is 18.0 Å². The zero-order valence-corrected chi connectivity index (χ0v) is 7.84. The first-order chi connectivity index (χ1) is 5.92. The van der Waals surface area contributed by atoms with Gasteiger partial charge in [0.05, 0.1) is 0 Å². The highest BCUT2D eigenvalue weighted by atomic mass is 14.8. The van der Waals surface area contributed by atoms with Gasteiger partial charge in [0, 0.05) is 18.2 Å². The molecule has 1 heteroatoms. The Balaban J connectivity index is 2.20.